The topological polar surface area (TPSA) is 54.2 Å². The lowest BCUT2D eigenvalue weighted by Crippen LogP contribution is -2.36. The van der Waals surface area contributed by atoms with Crippen LogP contribution < -0.4 is 4.90 Å². The zero-order valence-electron chi connectivity index (χ0n) is 13.3. The zero-order chi connectivity index (χ0) is 16.1. The number of benzene rings is 1. The number of aromatic nitrogens is 3. The highest BCUT2D eigenvalue weighted by atomic mass is 32.1. The van der Waals surface area contributed by atoms with Crippen molar-refractivity contribution in [3.05, 3.63) is 42.7 Å². The first-order valence-corrected chi connectivity index (χ1v) is 9.37. The number of hydrogen-bond donors (Lipinski definition) is 1. The van der Waals surface area contributed by atoms with Gasteiger partial charge in [-0.05, 0) is 42.9 Å². The summed E-state index contributed by atoms with van der Waals surface area (Å²) in [4.78, 5) is 7.22. The van der Waals surface area contributed by atoms with Crippen molar-refractivity contribution >= 4 is 26.7 Å². The predicted molar refractivity (Wildman–Crippen MR) is 95.3 cm³/mol. The molecule has 2 aromatic heterocycles. The summed E-state index contributed by atoms with van der Waals surface area (Å²) >= 11 is 1.77. The van der Waals surface area contributed by atoms with Crippen molar-refractivity contribution in [2.75, 3.05) is 18.0 Å². The lowest BCUT2D eigenvalue weighted by Gasteiger charge is -2.35. The molecule has 6 heteroatoms. The molecule has 0 spiro atoms. The molecule has 2 fully saturated rings. The van der Waals surface area contributed by atoms with Crippen molar-refractivity contribution < 1.29 is 5.11 Å². The molecular formula is C18H20N4OS. The summed E-state index contributed by atoms with van der Waals surface area (Å²) in [6, 6.07) is 10.4. The van der Waals surface area contributed by atoms with Crippen LogP contribution in [0.1, 0.15) is 18.9 Å². The van der Waals surface area contributed by atoms with Gasteiger partial charge in [-0.1, -0.05) is 23.5 Å². The number of anilines is 1. The van der Waals surface area contributed by atoms with Gasteiger partial charge in [0.15, 0.2) is 5.13 Å². The van der Waals surface area contributed by atoms with Gasteiger partial charge in [0.1, 0.15) is 0 Å². The van der Waals surface area contributed by atoms with Gasteiger partial charge in [0.25, 0.3) is 0 Å². The summed E-state index contributed by atoms with van der Waals surface area (Å²) in [6.07, 6.45) is 5.31. The van der Waals surface area contributed by atoms with Crippen LogP contribution in [0.4, 0.5) is 5.13 Å². The largest absolute Gasteiger partial charge is 0.391 e. The highest BCUT2D eigenvalue weighted by Crippen LogP contribution is 2.43. The molecular weight excluding hydrogens is 320 g/mol. The van der Waals surface area contributed by atoms with E-state index >= 15 is 0 Å². The molecule has 3 aromatic rings. The summed E-state index contributed by atoms with van der Waals surface area (Å²) < 4.78 is 3.18. The quantitative estimate of drug-likeness (QED) is 0.779. The number of fused-ring (bicyclic) bond motifs is 2. The minimum absolute atomic E-state index is 0.108. The second-order valence-electron chi connectivity index (χ2n) is 6.98. The summed E-state index contributed by atoms with van der Waals surface area (Å²) in [7, 11) is 0. The van der Waals surface area contributed by atoms with Crippen molar-refractivity contribution in [1.29, 1.82) is 0 Å². The highest BCUT2D eigenvalue weighted by molar-refractivity contribution is 7.22. The van der Waals surface area contributed by atoms with Gasteiger partial charge >= 0.3 is 0 Å². The molecule has 1 saturated carbocycles. The maximum Gasteiger partial charge on any atom is 0.186 e. The van der Waals surface area contributed by atoms with Gasteiger partial charge in [0, 0.05) is 25.5 Å². The van der Waals surface area contributed by atoms with E-state index in [2.05, 4.69) is 28.2 Å². The Morgan fingerprint density at radius 2 is 1.92 bits per heavy atom. The molecule has 2 aliphatic rings. The first kappa shape index (κ1) is 14.4. The van der Waals surface area contributed by atoms with Crippen molar-refractivity contribution in [1.82, 2.24) is 14.8 Å². The number of thiazole rings is 1. The summed E-state index contributed by atoms with van der Waals surface area (Å²) in [6.45, 7) is 2.04. The normalized spacial score (nSPS) is 30.0. The zero-order valence-corrected chi connectivity index (χ0v) is 14.1. The standard InChI is InChI=1S/C18H20N4OS/c23-16-9-13-11-21(18-20-14-4-1-2-5-17(14)24-18)10-12(13)8-15(16)22-7-3-6-19-22/h1-7,12-13,15-16,23H,8-11H2/t12-,13+,15-,16-/m1/s1. The van der Waals surface area contributed by atoms with Crippen LogP contribution in [0.25, 0.3) is 10.2 Å². The van der Waals surface area contributed by atoms with Gasteiger partial charge in [-0.15, -0.1) is 0 Å². The van der Waals surface area contributed by atoms with Crippen LogP contribution in [0.15, 0.2) is 42.7 Å². The molecule has 1 aliphatic heterocycles. The molecule has 24 heavy (non-hydrogen) atoms. The molecule has 1 N–H and O–H groups in total. The number of nitrogens with zero attached hydrogens (tertiary/aromatic N) is 4. The highest BCUT2D eigenvalue weighted by Gasteiger charge is 2.43. The molecule has 3 heterocycles. The first-order chi connectivity index (χ1) is 11.8. The Morgan fingerprint density at radius 3 is 2.71 bits per heavy atom. The Morgan fingerprint density at radius 1 is 1.08 bits per heavy atom. The fourth-order valence-electron chi connectivity index (χ4n) is 4.32. The fraction of sp³-hybridized carbons (Fsp3) is 0.444. The SMILES string of the molecule is O[C@@H]1C[C@H]2CN(c3nc4ccccc4s3)C[C@H]2C[C@H]1n1cccn1. The summed E-state index contributed by atoms with van der Waals surface area (Å²) in [5.74, 6) is 1.16. The Balaban J connectivity index is 1.38. The smallest absolute Gasteiger partial charge is 0.186 e. The van der Waals surface area contributed by atoms with Crippen LogP contribution in [0.5, 0.6) is 0 Å². The van der Waals surface area contributed by atoms with E-state index in [-0.39, 0.29) is 12.1 Å². The fourth-order valence-corrected chi connectivity index (χ4v) is 5.30. The van der Waals surface area contributed by atoms with Crippen LogP contribution in [-0.4, -0.2) is 39.1 Å². The van der Waals surface area contributed by atoms with Gasteiger partial charge in [-0.3, -0.25) is 4.68 Å². The van der Waals surface area contributed by atoms with E-state index in [1.54, 1.807) is 17.5 Å². The van der Waals surface area contributed by atoms with Gasteiger partial charge in [-0.2, -0.15) is 5.10 Å². The van der Waals surface area contributed by atoms with Crippen molar-refractivity contribution in [3.8, 4) is 0 Å². The molecule has 1 aromatic carbocycles. The van der Waals surface area contributed by atoms with Gasteiger partial charge in [0.2, 0.25) is 0 Å². The van der Waals surface area contributed by atoms with Crippen molar-refractivity contribution in [3.63, 3.8) is 0 Å². The van der Waals surface area contributed by atoms with Crippen LogP contribution in [0.2, 0.25) is 0 Å². The molecule has 1 aliphatic carbocycles. The molecule has 0 radical (unpaired) electrons. The van der Waals surface area contributed by atoms with Crippen molar-refractivity contribution in [2.24, 2.45) is 11.8 Å². The van der Waals surface area contributed by atoms with E-state index in [1.165, 1.54) is 4.70 Å². The third-order valence-corrected chi connectivity index (χ3v) is 6.62. The third-order valence-electron chi connectivity index (χ3n) is 5.53. The van der Waals surface area contributed by atoms with Gasteiger partial charge in [-0.25, -0.2) is 4.98 Å². The number of aliphatic hydroxyl groups excluding tert-OH is 1. The summed E-state index contributed by atoms with van der Waals surface area (Å²) in [5, 5.41) is 16.0. The predicted octanol–water partition coefficient (Wildman–Crippen LogP) is 2.94. The number of hydrogen-bond acceptors (Lipinski definition) is 5. The second-order valence-corrected chi connectivity index (χ2v) is 7.99. The van der Waals surface area contributed by atoms with Gasteiger partial charge < -0.3 is 10.0 Å². The number of aliphatic hydroxyl groups is 1. The number of rotatable bonds is 2. The van der Waals surface area contributed by atoms with Crippen LogP contribution in [0, 0.1) is 11.8 Å². The molecule has 0 unspecified atom stereocenters. The average molecular weight is 340 g/mol. The van der Waals surface area contributed by atoms with E-state index in [9.17, 15) is 5.11 Å². The third kappa shape index (κ3) is 2.32. The summed E-state index contributed by atoms with van der Waals surface area (Å²) in [5.41, 5.74) is 1.09. The van der Waals surface area contributed by atoms with Crippen LogP contribution >= 0.6 is 11.3 Å². The minimum Gasteiger partial charge on any atom is -0.391 e. The Hall–Kier alpha value is -1.92. The average Bonchev–Trinajstić information content (AvgIpc) is 3.31. The van der Waals surface area contributed by atoms with Gasteiger partial charge in [0.05, 0.1) is 22.4 Å². The second kappa shape index (κ2) is 5.57. The van der Waals surface area contributed by atoms with Crippen LogP contribution in [0.3, 0.4) is 0 Å². The monoisotopic (exact) mass is 340 g/mol. The first-order valence-electron chi connectivity index (χ1n) is 8.55. The van der Waals surface area contributed by atoms with E-state index < -0.39 is 0 Å². The Kier molecular flexibility index (Phi) is 3.35. The Labute approximate surface area is 144 Å². The molecule has 5 nitrogen and oxygen atoms in total. The molecule has 0 bridgehead atoms. The molecule has 1 saturated heterocycles. The van der Waals surface area contributed by atoms with E-state index in [0.717, 1.165) is 36.6 Å². The number of para-hydroxylation sites is 1. The molecule has 0 amide bonds. The Bertz CT molecular complexity index is 813. The van der Waals surface area contributed by atoms with E-state index in [1.807, 2.05) is 23.0 Å². The molecule has 124 valence electrons. The lowest BCUT2D eigenvalue weighted by atomic mass is 9.77. The van der Waals surface area contributed by atoms with E-state index in [4.69, 9.17) is 4.98 Å². The van der Waals surface area contributed by atoms with Crippen LogP contribution in [-0.2, 0) is 0 Å². The molecule has 4 atom stereocenters. The molecule has 5 rings (SSSR count). The maximum absolute atomic E-state index is 10.6. The van der Waals surface area contributed by atoms with E-state index in [0.29, 0.717) is 11.8 Å². The maximum atomic E-state index is 10.6. The lowest BCUT2D eigenvalue weighted by molar-refractivity contribution is 0.0306. The van der Waals surface area contributed by atoms with Crippen molar-refractivity contribution in [2.45, 2.75) is 25.0 Å². The minimum atomic E-state index is -0.304.